The first-order valence-electron chi connectivity index (χ1n) is 6.10. The summed E-state index contributed by atoms with van der Waals surface area (Å²) in [6.07, 6.45) is 6.11. The Morgan fingerprint density at radius 3 is 2.80 bits per heavy atom. The number of hydrogen-bond donors (Lipinski definition) is 1. The van der Waals surface area contributed by atoms with Gasteiger partial charge < -0.3 is 10.5 Å². The molecule has 86 valence electrons. The smallest absolute Gasteiger partial charge is 0.282 e. The minimum absolute atomic E-state index is 0.0340. The summed E-state index contributed by atoms with van der Waals surface area (Å²) in [6, 6.07) is 0.401. The Kier molecular flexibility index (Phi) is 2.89. The third kappa shape index (κ3) is 2.27. The molecule has 0 aromatic heterocycles. The van der Waals surface area contributed by atoms with Crippen LogP contribution in [0.25, 0.3) is 0 Å². The molecule has 2 rings (SSSR count). The third-order valence-corrected chi connectivity index (χ3v) is 3.96. The molecule has 1 aliphatic heterocycles. The molecule has 1 saturated carbocycles. The summed E-state index contributed by atoms with van der Waals surface area (Å²) in [5.74, 6) is 1.65. The second-order valence-electron chi connectivity index (χ2n) is 5.37. The fourth-order valence-electron chi connectivity index (χ4n) is 2.84. The average molecular weight is 210 g/mol. The maximum atomic E-state index is 5.73. The maximum Gasteiger partial charge on any atom is 0.282 e. The van der Waals surface area contributed by atoms with Gasteiger partial charge in [-0.2, -0.15) is 0 Å². The van der Waals surface area contributed by atoms with Gasteiger partial charge in [0.15, 0.2) is 0 Å². The number of nitrogens with zero attached hydrogens (tertiary/aromatic N) is 1. The van der Waals surface area contributed by atoms with E-state index in [1.165, 1.54) is 19.3 Å². The zero-order valence-corrected chi connectivity index (χ0v) is 9.83. The van der Waals surface area contributed by atoms with Crippen LogP contribution in [-0.4, -0.2) is 18.2 Å². The van der Waals surface area contributed by atoms with Crippen molar-refractivity contribution in [3.63, 3.8) is 0 Å². The van der Waals surface area contributed by atoms with Gasteiger partial charge in [0.1, 0.15) is 5.60 Å². The lowest BCUT2D eigenvalue weighted by molar-refractivity contribution is 0.0669. The fraction of sp³-hybridized carbons (Fsp3) is 0.917. The highest BCUT2D eigenvalue weighted by Crippen LogP contribution is 2.37. The van der Waals surface area contributed by atoms with Crippen LogP contribution in [0.1, 0.15) is 46.0 Å². The van der Waals surface area contributed by atoms with E-state index in [4.69, 9.17) is 10.5 Å². The lowest BCUT2D eigenvalue weighted by atomic mass is 9.88. The quantitative estimate of drug-likeness (QED) is 0.722. The molecule has 2 atom stereocenters. The van der Waals surface area contributed by atoms with Gasteiger partial charge in [0, 0.05) is 0 Å². The van der Waals surface area contributed by atoms with E-state index in [0.717, 1.165) is 31.2 Å². The number of ether oxygens (including phenoxy) is 1. The monoisotopic (exact) mass is 210 g/mol. The molecule has 1 spiro atoms. The molecule has 0 radical (unpaired) electrons. The van der Waals surface area contributed by atoms with Crippen molar-refractivity contribution in [2.75, 3.05) is 6.54 Å². The molecule has 3 heteroatoms. The van der Waals surface area contributed by atoms with Crippen molar-refractivity contribution in [1.82, 2.24) is 0 Å². The van der Waals surface area contributed by atoms with Gasteiger partial charge in [0.05, 0.1) is 6.54 Å². The Hall–Kier alpha value is -0.730. The normalized spacial score (nSPS) is 36.5. The van der Waals surface area contributed by atoms with Gasteiger partial charge >= 0.3 is 0 Å². The van der Waals surface area contributed by atoms with E-state index in [9.17, 15) is 0 Å². The van der Waals surface area contributed by atoms with Gasteiger partial charge in [-0.25, -0.2) is 4.99 Å². The fourth-order valence-corrected chi connectivity index (χ4v) is 2.84. The van der Waals surface area contributed by atoms with Crippen molar-refractivity contribution in [2.45, 2.75) is 51.6 Å². The molecular formula is C12H22N2O. The van der Waals surface area contributed by atoms with E-state index in [1.54, 1.807) is 0 Å². The van der Waals surface area contributed by atoms with Gasteiger partial charge in [-0.15, -0.1) is 0 Å². The minimum Gasteiger partial charge on any atom is -0.457 e. The Balaban J connectivity index is 1.96. The summed E-state index contributed by atoms with van der Waals surface area (Å²) in [7, 11) is 0. The van der Waals surface area contributed by atoms with Crippen LogP contribution in [0.3, 0.4) is 0 Å². The highest BCUT2D eigenvalue weighted by Gasteiger charge is 2.39. The zero-order valence-electron chi connectivity index (χ0n) is 9.83. The van der Waals surface area contributed by atoms with E-state index >= 15 is 0 Å². The van der Waals surface area contributed by atoms with E-state index in [2.05, 4.69) is 18.8 Å². The van der Waals surface area contributed by atoms with Crippen LogP contribution in [0.15, 0.2) is 4.99 Å². The molecule has 2 aliphatic rings. The molecule has 0 amide bonds. The van der Waals surface area contributed by atoms with Crippen LogP contribution in [0.2, 0.25) is 0 Å². The van der Waals surface area contributed by atoms with E-state index < -0.39 is 0 Å². The highest BCUT2D eigenvalue weighted by atomic mass is 16.5. The number of rotatable bonds is 1. The van der Waals surface area contributed by atoms with Gasteiger partial charge in [-0.1, -0.05) is 20.3 Å². The second kappa shape index (κ2) is 4.03. The third-order valence-electron chi connectivity index (χ3n) is 3.96. The van der Waals surface area contributed by atoms with E-state index in [0.29, 0.717) is 6.02 Å². The first-order chi connectivity index (χ1) is 7.11. The van der Waals surface area contributed by atoms with Crippen LogP contribution < -0.4 is 5.73 Å². The molecule has 15 heavy (non-hydrogen) atoms. The molecule has 0 bridgehead atoms. The standard InChI is InChI=1S/C12H22N2O/c1-9(2)10-4-3-6-12(7-5-10)8-14-11(13)15-12/h9-10H,3-8H2,1-2H3,(H2,13,14). The Bertz CT molecular complexity index is 262. The first kappa shape index (κ1) is 10.8. The molecule has 1 aliphatic carbocycles. The average Bonchev–Trinajstić information content (AvgIpc) is 2.43. The number of amidine groups is 1. The Morgan fingerprint density at radius 2 is 2.20 bits per heavy atom. The van der Waals surface area contributed by atoms with Crippen molar-refractivity contribution in [2.24, 2.45) is 22.6 Å². The topological polar surface area (TPSA) is 47.6 Å². The summed E-state index contributed by atoms with van der Waals surface area (Å²) in [6.45, 7) is 5.43. The number of aliphatic imine (C=N–C) groups is 1. The maximum absolute atomic E-state index is 5.73. The molecule has 1 fully saturated rings. The van der Waals surface area contributed by atoms with Crippen molar-refractivity contribution in [3.05, 3.63) is 0 Å². The molecule has 0 aromatic carbocycles. The van der Waals surface area contributed by atoms with Crippen molar-refractivity contribution < 1.29 is 4.74 Å². The summed E-state index contributed by atoms with van der Waals surface area (Å²) < 4.78 is 5.73. The summed E-state index contributed by atoms with van der Waals surface area (Å²) in [5.41, 5.74) is 5.58. The largest absolute Gasteiger partial charge is 0.457 e. The summed E-state index contributed by atoms with van der Waals surface area (Å²) >= 11 is 0. The first-order valence-corrected chi connectivity index (χ1v) is 6.10. The Morgan fingerprint density at radius 1 is 1.40 bits per heavy atom. The lowest BCUT2D eigenvalue weighted by Crippen LogP contribution is -2.34. The van der Waals surface area contributed by atoms with Crippen molar-refractivity contribution in [1.29, 1.82) is 0 Å². The van der Waals surface area contributed by atoms with E-state index in [-0.39, 0.29) is 5.60 Å². The SMILES string of the molecule is CC(C)C1CCCC2(CC1)CN=C(N)O2. The molecule has 2 unspecified atom stereocenters. The summed E-state index contributed by atoms with van der Waals surface area (Å²) in [4.78, 5) is 4.20. The van der Waals surface area contributed by atoms with Crippen LogP contribution in [-0.2, 0) is 4.74 Å². The molecule has 1 heterocycles. The second-order valence-corrected chi connectivity index (χ2v) is 5.37. The van der Waals surface area contributed by atoms with Crippen molar-refractivity contribution in [3.8, 4) is 0 Å². The molecule has 0 saturated heterocycles. The minimum atomic E-state index is -0.0340. The van der Waals surface area contributed by atoms with Gasteiger partial charge in [0.25, 0.3) is 6.02 Å². The summed E-state index contributed by atoms with van der Waals surface area (Å²) in [5, 5.41) is 0. The predicted octanol–water partition coefficient (Wildman–Crippen LogP) is 2.31. The van der Waals surface area contributed by atoms with Crippen LogP contribution in [0, 0.1) is 11.8 Å². The van der Waals surface area contributed by atoms with Gasteiger partial charge in [-0.3, -0.25) is 0 Å². The molecular weight excluding hydrogens is 188 g/mol. The molecule has 0 aromatic rings. The van der Waals surface area contributed by atoms with Gasteiger partial charge in [-0.05, 0) is 37.5 Å². The number of hydrogen-bond acceptors (Lipinski definition) is 3. The highest BCUT2D eigenvalue weighted by molar-refractivity contribution is 5.73. The predicted molar refractivity (Wildman–Crippen MR) is 61.7 cm³/mol. The lowest BCUT2D eigenvalue weighted by Gasteiger charge is -2.26. The number of nitrogens with two attached hydrogens (primary N) is 1. The van der Waals surface area contributed by atoms with Gasteiger partial charge in [0.2, 0.25) is 0 Å². The van der Waals surface area contributed by atoms with Crippen LogP contribution >= 0.6 is 0 Å². The Labute approximate surface area is 92.1 Å². The molecule has 3 nitrogen and oxygen atoms in total. The van der Waals surface area contributed by atoms with Crippen molar-refractivity contribution >= 4 is 6.02 Å². The molecule has 2 N–H and O–H groups in total. The van der Waals surface area contributed by atoms with E-state index in [1.807, 2.05) is 0 Å². The zero-order chi connectivity index (χ0) is 10.9. The van der Waals surface area contributed by atoms with Crippen LogP contribution in [0.5, 0.6) is 0 Å². The van der Waals surface area contributed by atoms with Crippen LogP contribution in [0.4, 0.5) is 0 Å².